The van der Waals surface area contributed by atoms with Crippen molar-refractivity contribution < 1.29 is 37.7 Å². The summed E-state index contributed by atoms with van der Waals surface area (Å²) in [5.41, 5.74) is 0.545. The molecule has 0 aliphatic heterocycles. The van der Waals surface area contributed by atoms with Crippen molar-refractivity contribution in [1.82, 2.24) is 0 Å². The van der Waals surface area contributed by atoms with Gasteiger partial charge >= 0.3 is 17.9 Å². The quantitative estimate of drug-likeness (QED) is 0.243. The summed E-state index contributed by atoms with van der Waals surface area (Å²) in [6.07, 6.45) is 0.368. The second-order valence-electron chi connectivity index (χ2n) is 6.30. The number of benzene rings is 2. The Hall–Kier alpha value is -3.94. The fourth-order valence-corrected chi connectivity index (χ4v) is 2.12. The van der Waals surface area contributed by atoms with E-state index in [1.807, 2.05) is 0 Å². The van der Waals surface area contributed by atoms with E-state index in [4.69, 9.17) is 14.2 Å². The largest absolute Gasteiger partial charge is 0.493 e. The van der Waals surface area contributed by atoms with Crippen LogP contribution in [0.1, 0.15) is 23.7 Å². The van der Waals surface area contributed by atoms with Crippen LogP contribution in [0.15, 0.2) is 73.1 Å². The molecule has 0 aliphatic carbocycles. The summed E-state index contributed by atoms with van der Waals surface area (Å²) in [6.45, 7) is 8.12. The molecule has 7 nitrogen and oxygen atoms in total. The number of hydrogen-bond donors (Lipinski definition) is 0. The molecule has 0 N–H and O–H groups in total. The van der Waals surface area contributed by atoms with E-state index < -0.39 is 23.7 Å². The predicted molar refractivity (Wildman–Crippen MR) is 110 cm³/mol. The topological polar surface area (TPSA) is 88.1 Å². The van der Waals surface area contributed by atoms with Crippen molar-refractivity contribution >= 4 is 17.9 Å². The zero-order valence-electron chi connectivity index (χ0n) is 16.9. The Bertz CT molecular complexity index is 962. The van der Waals surface area contributed by atoms with Gasteiger partial charge in [0.1, 0.15) is 17.2 Å². The maximum absolute atomic E-state index is 12.4. The highest BCUT2D eigenvalue weighted by atomic mass is 19.1. The monoisotopic (exact) mass is 428 g/mol. The molecular weight excluding hydrogens is 407 g/mol. The minimum atomic E-state index is -1.15. The third-order valence-corrected chi connectivity index (χ3v) is 3.70. The first-order valence-corrected chi connectivity index (χ1v) is 9.20. The Labute approximate surface area is 178 Å². The maximum Gasteiger partial charge on any atom is 0.366 e. The summed E-state index contributed by atoms with van der Waals surface area (Å²) in [6, 6.07) is 12.3. The number of esters is 3. The van der Waals surface area contributed by atoms with Crippen molar-refractivity contribution in [3.8, 4) is 17.2 Å². The average Bonchev–Trinajstić information content (AvgIpc) is 2.74. The molecule has 2 rings (SSSR count). The normalized spacial score (nSPS) is 10.0. The van der Waals surface area contributed by atoms with E-state index >= 15 is 0 Å². The van der Waals surface area contributed by atoms with E-state index in [9.17, 15) is 18.8 Å². The highest BCUT2D eigenvalue weighted by Crippen LogP contribution is 2.20. The van der Waals surface area contributed by atoms with Crippen molar-refractivity contribution in [2.24, 2.45) is 0 Å². The first-order chi connectivity index (χ1) is 14.8. The summed E-state index contributed by atoms with van der Waals surface area (Å²) in [4.78, 5) is 34.6. The predicted octanol–water partition coefficient (Wildman–Crippen LogP) is 4.18. The van der Waals surface area contributed by atoms with Gasteiger partial charge in [-0.15, -0.1) is 0 Å². The summed E-state index contributed by atoms with van der Waals surface area (Å²) >= 11 is 0. The van der Waals surface area contributed by atoms with Gasteiger partial charge in [0.2, 0.25) is 5.83 Å². The molecule has 0 radical (unpaired) electrons. The van der Waals surface area contributed by atoms with E-state index in [0.717, 1.165) is 0 Å². The lowest BCUT2D eigenvalue weighted by atomic mass is 10.2. The number of hydrogen-bond acceptors (Lipinski definition) is 7. The van der Waals surface area contributed by atoms with Gasteiger partial charge in [0.05, 0.1) is 18.8 Å². The molecule has 8 heteroatoms. The van der Waals surface area contributed by atoms with Crippen molar-refractivity contribution in [3.05, 3.63) is 78.7 Å². The molecule has 0 saturated carbocycles. The summed E-state index contributed by atoms with van der Waals surface area (Å²) in [5.74, 6) is -2.25. The standard InChI is InChI=1S/C23H21FO7/c1-15(2)21(25)30-19-7-5-17(6-8-19)23(27)31-20-11-9-18(10-12-20)28-13-4-14-29-22(26)16(3)24/h5-12H,1,3-4,13-14H2,2H3. The van der Waals surface area contributed by atoms with Crippen LogP contribution >= 0.6 is 0 Å². The van der Waals surface area contributed by atoms with Crippen LogP contribution in [-0.2, 0) is 14.3 Å². The first kappa shape index (κ1) is 23.3. The van der Waals surface area contributed by atoms with Crippen LogP contribution in [0.3, 0.4) is 0 Å². The van der Waals surface area contributed by atoms with Crippen LogP contribution in [0.2, 0.25) is 0 Å². The number of rotatable bonds is 10. The van der Waals surface area contributed by atoms with Crippen LogP contribution in [0.5, 0.6) is 17.2 Å². The zero-order chi connectivity index (χ0) is 22.8. The van der Waals surface area contributed by atoms with Gasteiger partial charge in [-0.3, -0.25) is 0 Å². The average molecular weight is 428 g/mol. The first-order valence-electron chi connectivity index (χ1n) is 9.20. The van der Waals surface area contributed by atoms with Gasteiger partial charge in [-0.05, 0) is 55.5 Å². The van der Waals surface area contributed by atoms with Gasteiger partial charge < -0.3 is 18.9 Å². The fraction of sp³-hybridized carbons (Fsp3) is 0.174. The fourth-order valence-electron chi connectivity index (χ4n) is 2.12. The van der Waals surface area contributed by atoms with Crippen LogP contribution in [0.25, 0.3) is 0 Å². The number of carbonyl (C=O) groups is 3. The number of ether oxygens (including phenoxy) is 4. The molecule has 2 aromatic carbocycles. The molecule has 0 atom stereocenters. The number of carbonyl (C=O) groups excluding carboxylic acids is 3. The van der Waals surface area contributed by atoms with Gasteiger partial charge in [-0.1, -0.05) is 13.2 Å². The Morgan fingerprint density at radius 3 is 1.94 bits per heavy atom. The summed E-state index contributed by atoms with van der Waals surface area (Å²) < 4.78 is 32.9. The molecule has 2 aromatic rings. The molecule has 0 fully saturated rings. The van der Waals surface area contributed by atoms with Crippen molar-refractivity contribution in [1.29, 1.82) is 0 Å². The second kappa shape index (κ2) is 11.3. The molecule has 0 amide bonds. The Balaban J connectivity index is 1.79. The molecular formula is C23H21FO7. The van der Waals surface area contributed by atoms with Crippen LogP contribution in [0, 0.1) is 0 Å². The van der Waals surface area contributed by atoms with Crippen molar-refractivity contribution in [2.45, 2.75) is 13.3 Å². The molecule has 0 spiro atoms. The molecule has 0 aliphatic rings. The molecule has 162 valence electrons. The molecule has 0 saturated heterocycles. The Morgan fingerprint density at radius 2 is 1.35 bits per heavy atom. The highest BCUT2D eigenvalue weighted by Gasteiger charge is 2.11. The second-order valence-corrected chi connectivity index (χ2v) is 6.30. The highest BCUT2D eigenvalue weighted by molar-refractivity contribution is 5.92. The van der Waals surface area contributed by atoms with Crippen LogP contribution in [0.4, 0.5) is 4.39 Å². The van der Waals surface area contributed by atoms with Gasteiger partial charge in [0, 0.05) is 12.0 Å². The van der Waals surface area contributed by atoms with E-state index in [1.54, 1.807) is 24.3 Å². The Kier molecular flexibility index (Phi) is 8.51. The Morgan fingerprint density at radius 1 is 0.806 bits per heavy atom. The molecule has 0 unspecified atom stereocenters. The van der Waals surface area contributed by atoms with Crippen molar-refractivity contribution in [3.63, 3.8) is 0 Å². The summed E-state index contributed by atoms with van der Waals surface area (Å²) in [7, 11) is 0. The van der Waals surface area contributed by atoms with Gasteiger partial charge in [0.25, 0.3) is 0 Å². The molecule has 0 heterocycles. The smallest absolute Gasteiger partial charge is 0.366 e. The van der Waals surface area contributed by atoms with Crippen LogP contribution in [-0.4, -0.2) is 31.1 Å². The van der Waals surface area contributed by atoms with E-state index in [-0.39, 0.29) is 30.1 Å². The SMILES string of the molecule is C=C(C)C(=O)Oc1ccc(C(=O)Oc2ccc(OCCCOC(=O)C(=C)F)cc2)cc1. The third-order valence-electron chi connectivity index (χ3n) is 3.70. The lowest BCUT2D eigenvalue weighted by Gasteiger charge is -2.08. The van der Waals surface area contributed by atoms with Gasteiger partial charge in [0.15, 0.2) is 0 Å². The minimum absolute atomic E-state index is 0.00264. The summed E-state index contributed by atoms with van der Waals surface area (Å²) in [5, 5.41) is 0. The zero-order valence-corrected chi connectivity index (χ0v) is 16.9. The third kappa shape index (κ3) is 7.77. The molecule has 0 bridgehead atoms. The number of halogens is 1. The molecule has 31 heavy (non-hydrogen) atoms. The van der Waals surface area contributed by atoms with E-state index in [0.29, 0.717) is 17.9 Å². The lowest BCUT2D eigenvalue weighted by Crippen LogP contribution is -2.10. The maximum atomic E-state index is 12.4. The van der Waals surface area contributed by atoms with Gasteiger partial charge in [-0.25, -0.2) is 14.4 Å². The minimum Gasteiger partial charge on any atom is -0.493 e. The lowest BCUT2D eigenvalue weighted by molar-refractivity contribution is -0.141. The van der Waals surface area contributed by atoms with Gasteiger partial charge in [-0.2, -0.15) is 4.39 Å². The molecule has 0 aromatic heterocycles. The van der Waals surface area contributed by atoms with Crippen LogP contribution < -0.4 is 14.2 Å². The van der Waals surface area contributed by atoms with E-state index in [2.05, 4.69) is 17.9 Å². The van der Waals surface area contributed by atoms with E-state index in [1.165, 1.54) is 31.2 Å². The van der Waals surface area contributed by atoms with Crippen molar-refractivity contribution in [2.75, 3.05) is 13.2 Å².